The molecule has 1 aliphatic rings. The van der Waals surface area contributed by atoms with Crippen molar-refractivity contribution < 1.29 is 14.3 Å². The Morgan fingerprint density at radius 1 is 1.44 bits per heavy atom. The summed E-state index contributed by atoms with van der Waals surface area (Å²) in [5, 5.41) is 0. The van der Waals surface area contributed by atoms with Gasteiger partial charge in [0.1, 0.15) is 19.0 Å². The fourth-order valence-corrected chi connectivity index (χ4v) is 1.76. The van der Waals surface area contributed by atoms with Crippen molar-refractivity contribution in [2.24, 2.45) is 0 Å². The maximum absolute atomic E-state index is 10.1. The molecule has 0 bridgehead atoms. The molecule has 0 spiro atoms. The van der Waals surface area contributed by atoms with Crippen LogP contribution in [0.5, 0.6) is 5.88 Å². The van der Waals surface area contributed by atoms with Crippen molar-refractivity contribution in [3.05, 3.63) is 22.8 Å². The molecule has 0 aromatic carbocycles. The Labute approximate surface area is 102 Å². The summed E-state index contributed by atoms with van der Waals surface area (Å²) in [4.78, 5) is 14.2. The molecule has 16 heavy (non-hydrogen) atoms. The Morgan fingerprint density at radius 3 is 2.88 bits per heavy atom. The molecule has 0 radical (unpaired) electrons. The summed E-state index contributed by atoms with van der Waals surface area (Å²) in [5.41, 5.74) is 0. The number of carbonyl (C=O) groups is 1. The van der Waals surface area contributed by atoms with Gasteiger partial charge in [-0.3, -0.25) is 0 Å². The molecule has 5 heteroatoms. The van der Waals surface area contributed by atoms with Gasteiger partial charge in [-0.2, -0.15) is 0 Å². The van der Waals surface area contributed by atoms with E-state index in [0.29, 0.717) is 5.88 Å². The lowest BCUT2D eigenvalue weighted by atomic mass is 9.92. The van der Waals surface area contributed by atoms with Gasteiger partial charge in [-0.05, 0) is 22.0 Å². The first-order valence-corrected chi connectivity index (χ1v) is 5.90. The van der Waals surface area contributed by atoms with E-state index in [2.05, 4.69) is 20.9 Å². The number of halogens is 1. The van der Waals surface area contributed by atoms with Crippen molar-refractivity contribution >= 4 is 22.2 Å². The maximum Gasteiger partial charge on any atom is 0.213 e. The van der Waals surface area contributed by atoms with Gasteiger partial charge in [-0.15, -0.1) is 0 Å². The number of carbonyl (C=O) groups excluding carboxylic acids is 1. The Kier molecular flexibility index (Phi) is 3.90. The number of pyridine rings is 1. The van der Waals surface area contributed by atoms with E-state index in [1.807, 2.05) is 12.1 Å². The van der Waals surface area contributed by atoms with E-state index in [9.17, 15) is 4.79 Å². The lowest BCUT2D eigenvalue weighted by molar-refractivity contribution is -0.119. The van der Waals surface area contributed by atoms with Crippen molar-refractivity contribution in [2.75, 3.05) is 6.61 Å². The second-order valence-electron chi connectivity index (χ2n) is 3.65. The fourth-order valence-electron chi connectivity index (χ4n) is 1.53. The highest BCUT2D eigenvalue weighted by Crippen LogP contribution is 2.27. The van der Waals surface area contributed by atoms with Crippen LogP contribution in [0.25, 0.3) is 0 Å². The topological polar surface area (TPSA) is 48.4 Å². The van der Waals surface area contributed by atoms with Crippen LogP contribution in [-0.4, -0.2) is 30.1 Å². The molecule has 0 saturated heterocycles. The quantitative estimate of drug-likeness (QED) is 0.776. The Balaban J connectivity index is 1.73. The molecular weight excluding hydrogens is 274 g/mol. The van der Waals surface area contributed by atoms with Gasteiger partial charge in [-0.25, -0.2) is 4.98 Å². The number of ether oxygens (including phenoxy) is 2. The van der Waals surface area contributed by atoms with Crippen LogP contribution in [0.1, 0.15) is 12.8 Å². The lowest BCUT2D eigenvalue weighted by Crippen LogP contribution is -2.39. The summed E-state index contributed by atoms with van der Waals surface area (Å²) in [6, 6.07) is 3.71. The Bertz CT molecular complexity index is 349. The van der Waals surface area contributed by atoms with Gasteiger partial charge in [0.25, 0.3) is 0 Å². The highest BCUT2D eigenvalue weighted by atomic mass is 79.9. The largest absolute Gasteiger partial charge is 0.474 e. The van der Waals surface area contributed by atoms with E-state index in [1.54, 1.807) is 6.20 Å². The molecular formula is C11H12BrNO3. The zero-order valence-corrected chi connectivity index (χ0v) is 10.2. The minimum atomic E-state index is 0.158. The second-order valence-corrected chi connectivity index (χ2v) is 4.56. The average Bonchev–Trinajstić information content (AvgIpc) is 2.24. The number of hydrogen-bond donors (Lipinski definition) is 0. The predicted octanol–water partition coefficient (Wildman–Crippen LogP) is 1.97. The number of aldehydes is 1. The van der Waals surface area contributed by atoms with Crippen LogP contribution in [0.15, 0.2) is 22.8 Å². The van der Waals surface area contributed by atoms with Crippen LogP contribution in [0.4, 0.5) is 0 Å². The third-order valence-electron chi connectivity index (χ3n) is 2.44. The molecule has 1 aromatic heterocycles. The van der Waals surface area contributed by atoms with Crippen LogP contribution in [0, 0.1) is 0 Å². The van der Waals surface area contributed by atoms with Crippen molar-refractivity contribution in [1.29, 1.82) is 0 Å². The average molecular weight is 286 g/mol. The Morgan fingerprint density at radius 2 is 2.25 bits per heavy atom. The minimum absolute atomic E-state index is 0.158. The number of nitrogens with zero attached hydrogens (tertiary/aromatic N) is 1. The van der Waals surface area contributed by atoms with Crippen LogP contribution in [0.2, 0.25) is 0 Å². The van der Waals surface area contributed by atoms with Gasteiger partial charge in [0, 0.05) is 29.6 Å². The second kappa shape index (κ2) is 5.41. The van der Waals surface area contributed by atoms with E-state index < -0.39 is 0 Å². The molecule has 0 unspecified atom stereocenters. The standard InChI is InChI=1S/C11H12BrNO3/c12-8-1-2-11(13-7-8)16-10-5-9(6-10)15-4-3-14/h1-3,7,9-10H,4-6H2/t9-,10-. The van der Waals surface area contributed by atoms with Crippen LogP contribution in [-0.2, 0) is 9.53 Å². The van der Waals surface area contributed by atoms with Crippen molar-refractivity contribution in [1.82, 2.24) is 4.98 Å². The third kappa shape index (κ3) is 3.02. The van der Waals surface area contributed by atoms with Crippen molar-refractivity contribution in [2.45, 2.75) is 25.0 Å². The van der Waals surface area contributed by atoms with Gasteiger partial charge in [0.2, 0.25) is 5.88 Å². The molecule has 0 amide bonds. The van der Waals surface area contributed by atoms with Crippen LogP contribution < -0.4 is 4.74 Å². The number of aromatic nitrogens is 1. The van der Waals surface area contributed by atoms with E-state index in [1.165, 1.54) is 0 Å². The summed E-state index contributed by atoms with van der Waals surface area (Å²) in [6.07, 6.45) is 4.44. The van der Waals surface area contributed by atoms with Gasteiger partial charge in [0.05, 0.1) is 6.10 Å². The summed E-state index contributed by atoms with van der Waals surface area (Å²) < 4.78 is 11.8. The molecule has 1 aliphatic carbocycles. The summed E-state index contributed by atoms with van der Waals surface area (Å²) in [6.45, 7) is 0.175. The first kappa shape index (κ1) is 11.5. The van der Waals surface area contributed by atoms with E-state index in [0.717, 1.165) is 23.6 Å². The lowest BCUT2D eigenvalue weighted by Gasteiger charge is -2.34. The van der Waals surface area contributed by atoms with Gasteiger partial charge in [-0.1, -0.05) is 0 Å². The van der Waals surface area contributed by atoms with E-state index >= 15 is 0 Å². The van der Waals surface area contributed by atoms with Gasteiger partial charge in [0.15, 0.2) is 0 Å². The molecule has 0 atom stereocenters. The number of hydrogen-bond acceptors (Lipinski definition) is 4. The van der Waals surface area contributed by atoms with E-state index in [-0.39, 0.29) is 18.8 Å². The summed E-state index contributed by atoms with van der Waals surface area (Å²) in [7, 11) is 0. The normalized spacial score (nSPS) is 23.6. The predicted molar refractivity (Wildman–Crippen MR) is 61.4 cm³/mol. The van der Waals surface area contributed by atoms with Gasteiger partial charge < -0.3 is 14.3 Å². The maximum atomic E-state index is 10.1. The summed E-state index contributed by atoms with van der Waals surface area (Å²) in [5.74, 6) is 0.627. The molecule has 2 rings (SSSR count). The smallest absolute Gasteiger partial charge is 0.213 e. The first-order chi connectivity index (χ1) is 7.78. The van der Waals surface area contributed by atoms with Crippen LogP contribution >= 0.6 is 15.9 Å². The molecule has 0 aliphatic heterocycles. The zero-order chi connectivity index (χ0) is 11.4. The van der Waals surface area contributed by atoms with E-state index in [4.69, 9.17) is 9.47 Å². The SMILES string of the molecule is O=CCO[C@H]1C[C@H](Oc2ccc(Br)cn2)C1. The molecule has 86 valence electrons. The highest BCUT2D eigenvalue weighted by molar-refractivity contribution is 9.10. The third-order valence-corrected chi connectivity index (χ3v) is 2.91. The van der Waals surface area contributed by atoms with Crippen molar-refractivity contribution in [3.8, 4) is 5.88 Å². The molecule has 1 heterocycles. The molecule has 0 N–H and O–H groups in total. The van der Waals surface area contributed by atoms with Crippen molar-refractivity contribution in [3.63, 3.8) is 0 Å². The minimum Gasteiger partial charge on any atom is -0.474 e. The fraction of sp³-hybridized carbons (Fsp3) is 0.455. The first-order valence-electron chi connectivity index (χ1n) is 5.11. The number of rotatable bonds is 5. The molecule has 1 aromatic rings. The van der Waals surface area contributed by atoms with Crippen LogP contribution in [0.3, 0.4) is 0 Å². The molecule has 4 nitrogen and oxygen atoms in total. The van der Waals surface area contributed by atoms with Gasteiger partial charge >= 0.3 is 0 Å². The zero-order valence-electron chi connectivity index (χ0n) is 8.64. The highest BCUT2D eigenvalue weighted by Gasteiger charge is 2.31. The molecule has 1 saturated carbocycles. The molecule has 1 fully saturated rings. The Hall–Kier alpha value is -0.940. The summed E-state index contributed by atoms with van der Waals surface area (Å²) >= 11 is 3.31. The monoisotopic (exact) mass is 285 g/mol.